The van der Waals surface area contributed by atoms with Crippen molar-refractivity contribution in [3.63, 3.8) is 0 Å². The Balaban J connectivity index is 1.39. The van der Waals surface area contributed by atoms with Crippen LogP contribution in [0.1, 0.15) is 39.0 Å². The number of rotatable bonds is 4. The fraction of sp³-hybridized carbons (Fsp3) is 1.00. The van der Waals surface area contributed by atoms with Gasteiger partial charge < -0.3 is 14.5 Å². The third-order valence-electron chi connectivity index (χ3n) is 5.67. The number of piperidine rings is 2. The highest BCUT2D eigenvalue weighted by molar-refractivity contribution is 4.86. The average molecular weight is 295 g/mol. The maximum absolute atomic E-state index is 5.48. The van der Waals surface area contributed by atoms with Gasteiger partial charge in [-0.25, -0.2) is 0 Å². The molecule has 0 unspecified atom stereocenters. The normalized spacial score (nSPS) is 29.0. The summed E-state index contributed by atoms with van der Waals surface area (Å²) in [6.45, 7) is 13.1. The topological polar surface area (TPSA) is 19.0 Å². The zero-order valence-electron chi connectivity index (χ0n) is 13.8. The van der Waals surface area contributed by atoms with Gasteiger partial charge in [-0.05, 0) is 64.8 Å². The van der Waals surface area contributed by atoms with Crippen LogP contribution in [0.25, 0.3) is 0 Å². The van der Waals surface area contributed by atoms with Gasteiger partial charge in [0.05, 0.1) is 13.2 Å². The largest absolute Gasteiger partial charge is 0.379 e. The van der Waals surface area contributed by atoms with Gasteiger partial charge in [-0.3, -0.25) is 4.90 Å². The average Bonchev–Trinajstić information content (AvgIpc) is 2.57. The number of nitrogens with zero attached hydrogens (tertiary/aromatic N) is 3. The molecule has 3 aliphatic heterocycles. The van der Waals surface area contributed by atoms with Gasteiger partial charge in [-0.1, -0.05) is 6.92 Å². The van der Waals surface area contributed by atoms with E-state index in [0.717, 1.165) is 38.4 Å². The van der Waals surface area contributed by atoms with Crippen LogP contribution in [0.4, 0.5) is 0 Å². The van der Waals surface area contributed by atoms with Crippen molar-refractivity contribution >= 4 is 0 Å². The molecule has 3 fully saturated rings. The number of morpholine rings is 1. The van der Waals surface area contributed by atoms with Gasteiger partial charge in [-0.15, -0.1) is 0 Å². The van der Waals surface area contributed by atoms with Gasteiger partial charge in [-0.2, -0.15) is 0 Å². The first-order valence-corrected chi connectivity index (χ1v) is 9.15. The van der Waals surface area contributed by atoms with Crippen molar-refractivity contribution in [1.82, 2.24) is 14.7 Å². The minimum Gasteiger partial charge on any atom is -0.379 e. The summed E-state index contributed by atoms with van der Waals surface area (Å²) in [5, 5.41) is 0. The third kappa shape index (κ3) is 4.19. The predicted octanol–water partition coefficient (Wildman–Crippen LogP) is 1.66. The molecule has 0 aromatic rings. The van der Waals surface area contributed by atoms with E-state index in [-0.39, 0.29) is 0 Å². The molecule has 0 aromatic carbocycles. The molecule has 0 amide bonds. The third-order valence-corrected chi connectivity index (χ3v) is 5.67. The van der Waals surface area contributed by atoms with E-state index in [4.69, 9.17) is 4.74 Å². The van der Waals surface area contributed by atoms with Gasteiger partial charge in [0.2, 0.25) is 0 Å². The molecule has 0 aliphatic carbocycles. The molecule has 4 nitrogen and oxygen atoms in total. The van der Waals surface area contributed by atoms with Crippen molar-refractivity contribution in [1.29, 1.82) is 0 Å². The second kappa shape index (κ2) is 7.91. The fourth-order valence-corrected chi connectivity index (χ4v) is 4.38. The van der Waals surface area contributed by atoms with Crippen molar-refractivity contribution < 1.29 is 4.74 Å². The Labute approximate surface area is 130 Å². The summed E-state index contributed by atoms with van der Waals surface area (Å²) in [5.41, 5.74) is 0. The molecule has 3 heterocycles. The van der Waals surface area contributed by atoms with E-state index in [1.807, 2.05) is 0 Å². The van der Waals surface area contributed by atoms with Crippen molar-refractivity contribution in [2.75, 3.05) is 59.0 Å². The summed E-state index contributed by atoms with van der Waals surface area (Å²) >= 11 is 0. The van der Waals surface area contributed by atoms with Gasteiger partial charge in [0.25, 0.3) is 0 Å². The standard InChI is InChI=1S/C17H33N3O/c1-2-7-18-8-3-16(4-9-18)19-10-5-17(6-11-19)20-12-14-21-15-13-20/h16-17H,2-15H2,1H3. The predicted molar refractivity (Wildman–Crippen MR) is 86.7 cm³/mol. The smallest absolute Gasteiger partial charge is 0.0594 e. The van der Waals surface area contributed by atoms with Gasteiger partial charge >= 0.3 is 0 Å². The molecule has 0 aromatic heterocycles. The molecule has 3 aliphatic rings. The maximum Gasteiger partial charge on any atom is 0.0594 e. The van der Waals surface area contributed by atoms with E-state index >= 15 is 0 Å². The summed E-state index contributed by atoms with van der Waals surface area (Å²) in [4.78, 5) is 8.11. The first-order chi connectivity index (χ1) is 10.4. The summed E-state index contributed by atoms with van der Waals surface area (Å²) in [7, 11) is 0. The Morgan fingerprint density at radius 1 is 0.762 bits per heavy atom. The van der Waals surface area contributed by atoms with Crippen LogP contribution in [0.15, 0.2) is 0 Å². The van der Waals surface area contributed by atoms with Crippen LogP contribution in [0, 0.1) is 0 Å². The molecule has 21 heavy (non-hydrogen) atoms. The lowest BCUT2D eigenvalue weighted by Gasteiger charge is -2.44. The van der Waals surface area contributed by atoms with E-state index in [9.17, 15) is 0 Å². The number of hydrogen-bond donors (Lipinski definition) is 0. The minimum absolute atomic E-state index is 0.824. The van der Waals surface area contributed by atoms with Gasteiger partial charge in [0.1, 0.15) is 0 Å². The second-order valence-electron chi connectivity index (χ2n) is 6.99. The zero-order valence-corrected chi connectivity index (χ0v) is 13.8. The Bertz CT molecular complexity index is 290. The molecule has 3 rings (SSSR count). The Morgan fingerprint density at radius 3 is 1.86 bits per heavy atom. The number of ether oxygens (including phenoxy) is 1. The van der Waals surface area contributed by atoms with Crippen molar-refractivity contribution in [3.05, 3.63) is 0 Å². The molecule has 0 radical (unpaired) electrons. The van der Waals surface area contributed by atoms with E-state index < -0.39 is 0 Å². The van der Waals surface area contributed by atoms with Gasteiger partial charge in [0, 0.05) is 25.2 Å². The molecular formula is C17H33N3O. The van der Waals surface area contributed by atoms with Crippen molar-refractivity contribution in [2.24, 2.45) is 0 Å². The van der Waals surface area contributed by atoms with E-state index in [2.05, 4.69) is 21.6 Å². The summed E-state index contributed by atoms with van der Waals surface area (Å²) in [6, 6.07) is 1.69. The highest BCUT2D eigenvalue weighted by Gasteiger charge is 2.30. The molecule has 0 N–H and O–H groups in total. The Hall–Kier alpha value is -0.160. The van der Waals surface area contributed by atoms with Crippen molar-refractivity contribution in [3.8, 4) is 0 Å². The van der Waals surface area contributed by atoms with Crippen LogP contribution in [0.5, 0.6) is 0 Å². The lowest BCUT2D eigenvalue weighted by molar-refractivity contribution is -0.00720. The lowest BCUT2D eigenvalue weighted by atomic mass is 9.97. The van der Waals surface area contributed by atoms with Crippen LogP contribution >= 0.6 is 0 Å². The summed E-state index contributed by atoms with van der Waals surface area (Å²) in [6.07, 6.45) is 6.82. The Morgan fingerprint density at radius 2 is 1.29 bits per heavy atom. The van der Waals surface area contributed by atoms with Crippen molar-refractivity contribution in [2.45, 2.75) is 51.1 Å². The molecule has 3 saturated heterocycles. The maximum atomic E-state index is 5.48. The second-order valence-corrected chi connectivity index (χ2v) is 6.99. The van der Waals surface area contributed by atoms with Gasteiger partial charge in [0.15, 0.2) is 0 Å². The van der Waals surface area contributed by atoms with Crippen LogP contribution in [0.3, 0.4) is 0 Å². The summed E-state index contributed by atoms with van der Waals surface area (Å²) < 4.78 is 5.48. The quantitative estimate of drug-likeness (QED) is 0.785. The SMILES string of the molecule is CCCN1CCC(N2CCC(N3CCOCC3)CC2)CC1. The van der Waals surface area contributed by atoms with E-state index in [1.54, 1.807) is 0 Å². The van der Waals surface area contributed by atoms with E-state index in [0.29, 0.717) is 0 Å². The molecule has 122 valence electrons. The first kappa shape index (κ1) is 15.7. The number of likely N-dealkylation sites (tertiary alicyclic amines) is 2. The lowest BCUT2D eigenvalue weighted by Crippen LogP contribution is -2.52. The highest BCUT2D eigenvalue weighted by atomic mass is 16.5. The Kier molecular flexibility index (Phi) is 5.92. The molecular weight excluding hydrogens is 262 g/mol. The molecule has 0 bridgehead atoms. The number of hydrogen-bond acceptors (Lipinski definition) is 4. The molecule has 0 saturated carbocycles. The monoisotopic (exact) mass is 295 g/mol. The van der Waals surface area contributed by atoms with Crippen LogP contribution in [-0.2, 0) is 4.74 Å². The van der Waals surface area contributed by atoms with E-state index in [1.165, 1.54) is 64.8 Å². The summed E-state index contributed by atoms with van der Waals surface area (Å²) in [5.74, 6) is 0. The highest BCUT2D eigenvalue weighted by Crippen LogP contribution is 2.23. The van der Waals surface area contributed by atoms with Crippen LogP contribution < -0.4 is 0 Å². The minimum atomic E-state index is 0.824. The molecule has 0 atom stereocenters. The molecule has 4 heteroatoms. The van der Waals surface area contributed by atoms with Crippen LogP contribution in [-0.4, -0.2) is 85.8 Å². The first-order valence-electron chi connectivity index (χ1n) is 9.15. The molecule has 0 spiro atoms. The van der Waals surface area contributed by atoms with Crippen LogP contribution in [0.2, 0.25) is 0 Å². The fourth-order valence-electron chi connectivity index (χ4n) is 4.38. The zero-order chi connectivity index (χ0) is 14.5.